The van der Waals surface area contributed by atoms with Crippen LogP contribution in [-0.4, -0.2) is 59.9 Å². The second kappa shape index (κ2) is 10.3. The number of nitrogens with two attached hydrogens (primary N) is 1. The normalized spacial score (nSPS) is 21.7. The zero-order chi connectivity index (χ0) is 23.3. The Labute approximate surface area is 185 Å². The van der Waals surface area contributed by atoms with Crippen LogP contribution >= 0.6 is 0 Å². The minimum Gasteiger partial charge on any atom is -0.368 e. The van der Waals surface area contributed by atoms with Crippen LogP contribution in [0.25, 0.3) is 0 Å². The second-order valence-electron chi connectivity index (χ2n) is 10.1. The first kappa shape index (κ1) is 24.9. The van der Waals surface area contributed by atoms with Crippen LogP contribution in [0, 0.1) is 17.3 Å². The first-order valence-corrected chi connectivity index (χ1v) is 11.4. The average molecular weight is 438 g/mol. The van der Waals surface area contributed by atoms with Crippen molar-refractivity contribution in [3.63, 3.8) is 0 Å². The van der Waals surface area contributed by atoms with Gasteiger partial charge in [-0.2, -0.15) is 0 Å². The molecule has 0 radical (unpaired) electrons. The van der Waals surface area contributed by atoms with Gasteiger partial charge in [0.2, 0.25) is 17.7 Å². The molecule has 2 aliphatic rings. The summed E-state index contributed by atoms with van der Waals surface area (Å²) in [5.41, 5.74) is 4.85. The summed E-state index contributed by atoms with van der Waals surface area (Å²) in [6, 6.07) is -2.81. The third-order valence-electron chi connectivity index (χ3n) is 6.29. The highest BCUT2D eigenvalue weighted by Gasteiger charge is 2.42. The number of carbonyl (C=O) groups is 4. The number of urea groups is 1. The molecule has 176 valence electrons. The summed E-state index contributed by atoms with van der Waals surface area (Å²) in [7, 11) is 0. The fraction of sp³-hybridized carbons (Fsp3) is 0.818. The zero-order valence-electron chi connectivity index (χ0n) is 19.5. The van der Waals surface area contributed by atoms with E-state index in [1.54, 1.807) is 4.90 Å². The zero-order valence-corrected chi connectivity index (χ0v) is 19.5. The first-order chi connectivity index (χ1) is 14.5. The van der Waals surface area contributed by atoms with Gasteiger partial charge in [-0.25, -0.2) is 4.79 Å². The Balaban J connectivity index is 2.08. The Kier molecular flexibility index (Phi) is 8.31. The lowest BCUT2D eigenvalue weighted by molar-refractivity contribution is -0.141. The number of carbonyl (C=O) groups excluding carboxylic acids is 4. The Morgan fingerprint density at radius 1 is 1.10 bits per heavy atom. The average Bonchev–Trinajstić information content (AvgIpc) is 3.39. The molecule has 0 spiro atoms. The molecule has 1 saturated carbocycles. The van der Waals surface area contributed by atoms with E-state index in [1.165, 1.54) is 0 Å². The summed E-state index contributed by atoms with van der Waals surface area (Å²) in [5, 5.41) is 8.31. The fourth-order valence-electron chi connectivity index (χ4n) is 3.85. The van der Waals surface area contributed by atoms with Gasteiger partial charge in [-0.15, -0.1) is 0 Å². The Hall–Kier alpha value is -2.32. The Bertz CT molecular complexity index is 686. The number of amides is 5. The van der Waals surface area contributed by atoms with E-state index in [4.69, 9.17) is 5.73 Å². The molecule has 1 saturated heterocycles. The van der Waals surface area contributed by atoms with Crippen molar-refractivity contribution >= 4 is 23.8 Å². The molecule has 2 unspecified atom stereocenters. The Morgan fingerprint density at radius 2 is 1.74 bits per heavy atom. The van der Waals surface area contributed by atoms with Crippen molar-refractivity contribution in [1.82, 2.24) is 20.9 Å². The standard InChI is InChI=1S/C22H39N5O4/c1-6-13(2)16(18(23)28)25-21(31)26-17(22(3,4)5)20(30)27-11-7-8-15(27)19(29)24-12-14-9-10-14/h13-17H,6-12H2,1-5H3,(H2,23,28)(H,24,29)(H2,25,26,31)/t13-,15?,16-,17?/m0/s1. The molecule has 1 aliphatic carbocycles. The van der Waals surface area contributed by atoms with E-state index < -0.39 is 35.5 Å². The summed E-state index contributed by atoms with van der Waals surface area (Å²) in [4.78, 5) is 52.1. The van der Waals surface area contributed by atoms with Crippen LogP contribution in [0.4, 0.5) is 4.79 Å². The largest absolute Gasteiger partial charge is 0.368 e. The van der Waals surface area contributed by atoms with Crippen LogP contribution in [0.3, 0.4) is 0 Å². The molecule has 1 aliphatic heterocycles. The summed E-state index contributed by atoms with van der Waals surface area (Å²) in [6.45, 7) is 10.4. The number of hydrogen-bond acceptors (Lipinski definition) is 4. The first-order valence-electron chi connectivity index (χ1n) is 11.4. The molecule has 5 N–H and O–H groups in total. The van der Waals surface area contributed by atoms with E-state index in [0.717, 1.165) is 19.3 Å². The predicted molar refractivity (Wildman–Crippen MR) is 118 cm³/mol. The van der Waals surface area contributed by atoms with Crippen LogP contribution in [-0.2, 0) is 14.4 Å². The highest BCUT2D eigenvalue weighted by atomic mass is 16.2. The van der Waals surface area contributed by atoms with E-state index in [9.17, 15) is 19.2 Å². The molecule has 2 rings (SSSR count). The molecule has 9 heteroatoms. The van der Waals surface area contributed by atoms with Gasteiger partial charge in [-0.1, -0.05) is 41.0 Å². The van der Waals surface area contributed by atoms with Crippen LogP contribution in [0.5, 0.6) is 0 Å². The molecule has 4 atom stereocenters. The minimum absolute atomic E-state index is 0.125. The van der Waals surface area contributed by atoms with E-state index in [0.29, 0.717) is 31.8 Å². The van der Waals surface area contributed by atoms with Gasteiger partial charge in [0.25, 0.3) is 0 Å². The number of nitrogens with one attached hydrogen (secondary N) is 3. The maximum atomic E-state index is 13.4. The topological polar surface area (TPSA) is 134 Å². The minimum atomic E-state index is -0.852. The van der Waals surface area contributed by atoms with E-state index in [1.807, 2.05) is 34.6 Å². The lowest BCUT2D eigenvalue weighted by atomic mass is 9.85. The van der Waals surface area contributed by atoms with Crippen LogP contribution < -0.4 is 21.7 Å². The van der Waals surface area contributed by atoms with Gasteiger partial charge in [-0.3, -0.25) is 14.4 Å². The van der Waals surface area contributed by atoms with Gasteiger partial charge >= 0.3 is 6.03 Å². The molecule has 0 aromatic heterocycles. The SMILES string of the molecule is CC[C@H](C)[C@H](NC(=O)NC(C(=O)N1CCCC1C(=O)NCC1CC1)C(C)(C)C)C(N)=O. The molecular formula is C22H39N5O4. The molecule has 1 heterocycles. The van der Waals surface area contributed by atoms with Crippen molar-refractivity contribution in [2.24, 2.45) is 23.0 Å². The monoisotopic (exact) mass is 437 g/mol. The van der Waals surface area contributed by atoms with Gasteiger partial charge in [0.05, 0.1) is 0 Å². The fourth-order valence-corrected chi connectivity index (χ4v) is 3.85. The molecule has 31 heavy (non-hydrogen) atoms. The van der Waals surface area contributed by atoms with Crippen molar-refractivity contribution in [2.75, 3.05) is 13.1 Å². The van der Waals surface area contributed by atoms with Crippen molar-refractivity contribution in [2.45, 2.75) is 84.8 Å². The molecular weight excluding hydrogens is 398 g/mol. The van der Waals surface area contributed by atoms with E-state index in [2.05, 4.69) is 16.0 Å². The van der Waals surface area contributed by atoms with Crippen LogP contribution in [0.1, 0.15) is 66.7 Å². The van der Waals surface area contributed by atoms with Gasteiger partial charge in [0.1, 0.15) is 18.1 Å². The van der Waals surface area contributed by atoms with Crippen LogP contribution in [0.15, 0.2) is 0 Å². The molecule has 5 amide bonds. The van der Waals surface area contributed by atoms with E-state index in [-0.39, 0.29) is 17.7 Å². The second-order valence-corrected chi connectivity index (χ2v) is 10.1. The maximum Gasteiger partial charge on any atom is 0.316 e. The molecule has 2 fully saturated rings. The molecule has 0 aromatic rings. The number of nitrogens with zero attached hydrogens (tertiary/aromatic N) is 1. The van der Waals surface area contributed by atoms with Crippen LogP contribution in [0.2, 0.25) is 0 Å². The van der Waals surface area contributed by atoms with Gasteiger partial charge < -0.3 is 26.6 Å². The smallest absolute Gasteiger partial charge is 0.316 e. The van der Waals surface area contributed by atoms with Gasteiger partial charge in [0.15, 0.2) is 0 Å². The Morgan fingerprint density at radius 3 is 2.26 bits per heavy atom. The lowest BCUT2D eigenvalue weighted by Crippen LogP contribution is -2.61. The molecule has 9 nitrogen and oxygen atoms in total. The summed E-state index contributed by atoms with van der Waals surface area (Å²) < 4.78 is 0. The molecule has 0 bridgehead atoms. The highest BCUT2D eigenvalue weighted by molar-refractivity contribution is 5.93. The van der Waals surface area contributed by atoms with Gasteiger partial charge in [0, 0.05) is 13.1 Å². The van der Waals surface area contributed by atoms with Gasteiger partial charge in [-0.05, 0) is 42.9 Å². The summed E-state index contributed by atoms with van der Waals surface area (Å²) in [6.07, 6.45) is 4.31. The summed E-state index contributed by atoms with van der Waals surface area (Å²) >= 11 is 0. The number of primary amides is 1. The lowest BCUT2D eigenvalue weighted by Gasteiger charge is -2.35. The predicted octanol–water partition coefficient (Wildman–Crippen LogP) is 1.12. The third kappa shape index (κ3) is 6.83. The maximum absolute atomic E-state index is 13.4. The number of rotatable bonds is 9. The van der Waals surface area contributed by atoms with Crippen molar-refractivity contribution in [3.05, 3.63) is 0 Å². The molecule has 0 aromatic carbocycles. The number of likely N-dealkylation sites (tertiary alicyclic amines) is 1. The summed E-state index contributed by atoms with van der Waals surface area (Å²) in [5.74, 6) is -0.600. The third-order valence-corrected chi connectivity index (χ3v) is 6.29. The quantitative estimate of drug-likeness (QED) is 0.430. The van der Waals surface area contributed by atoms with Crippen molar-refractivity contribution < 1.29 is 19.2 Å². The van der Waals surface area contributed by atoms with Crippen molar-refractivity contribution in [3.8, 4) is 0 Å². The van der Waals surface area contributed by atoms with E-state index >= 15 is 0 Å². The van der Waals surface area contributed by atoms with Crippen molar-refractivity contribution in [1.29, 1.82) is 0 Å². The highest BCUT2D eigenvalue weighted by Crippen LogP contribution is 2.28. The number of hydrogen-bond donors (Lipinski definition) is 4.